The van der Waals surface area contributed by atoms with Crippen LogP contribution in [0.25, 0.3) is 0 Å². The Morgan fingerprint density at radius 1 is 0.588 bits per heavy atom. The molecule has 2 aromatic rings. The Morgan fingerprint density at radius 3 is 1.21 bits per heavy atom. The highest BCUT2D eigenvalue weighted by molar-refractivity contribution is 6.10. The zero-order valence-electron chi connectivity index (χ0n) is 17.0. The van der Waals surface area contributed by atoms with Gasteiger partial charge in [0.15, 0.2) is 46.5 Å². The number of anilines is 2. The number of nitrogens with zero attached hydrogens (tertiary/aromatic N) is 2. The number of hydrogen-bond donors (Lipinski definition) is 0. The van der Waals surface area contributed by atoms with Crippen molar-refractivity contribution in [3.05, 3.63) is 76.3 Å². The van der Waals surface area contributed by atoms with Crippen LogP contribution in [0, 0.1) is 70.3 Å². The van der Waals surface area contributed by atoms with Crippen molar-refractivity contribution >= 4 is 17.3 Å². The van der Waals surface area contributed by atoms with Crippen molar-refractivity contribution in [2.75, 3.05) is 9.80 Å². The molecule has 3 rings (SSSR count). The molecule has 182 valence electrons. The summed E-state index contributed by atoms with van der Waals surface area (Å²) in [5.41, 5.74) is -6.73. The number of benzene rings is 2. The average molecular weight is 499 g/mol. The van der Waals surface area contributed by atoms with E-state index in [0.717, 1.165) is 20.8 Å². The SMILES string of the molecule is CC(C)(C)C1=C([O-])N(c2c(F)c(F)c(F)c(F)c2F)[C]N(c2c(F)c(F)c(F)c(F)c2F)C1=O. The fourth-order valence-corrected chi connectivity index (χ4v) is 3.03. The molecule has 1 heterocycles. The number of carbonyl (C=O) groups excluding carboxylic acids is 1. The fourth-order valence-electron chi connectivity index (χ4n) is 3.03. The summed E-state index contributed by atoms with van der Waals surface area (Å²) in [6.07, 6.45) is 0. The minimum absolute atomic E-state index is 0.476. The second-order valence-corrected chi connectivity index (χ2v) is 7.84. The zero-order chi connectivity index (χ0) is 26.0. The molecule has 14 heteroatoms. The maximum atomic E-state index is 14.4. The Kier molecular flexibility index (Phi) is 5.99. The topological polar surface area (TPSA) is 46.6 Å². The highest BCUT2D eigenvalue weighted by Crippen LogP contribution is 2.42. The van der Waals surface area contributed by atoms with Crippen LogP contribution in [0.5, 0.6) is 0 Å². The van der Waals surface area contributed by atoms with Gasteiger partial charge in [0.2, 0.25) is 18.3 Å². The van der Waals surface area contributed by atoms with Gasteiger partial charge in [-0.15, -0.1) is 0 Å². The lowest BCUT2D eigenvalue weighted by Crippen LogP contribution is -2.50. The first-order chi connectivity index (χ1) is 15.5. The maximum absolute atomic E-state index is 14.4. The summed E-state index contributed by atoms with van der Waals surface area (Å²) in [6.45, 7) is 4.78. The smallest absolute Gasteiger partial charge is 0.257 e. The highest BCUT2D eigenvalue weighted by atomic mass is 19.2. The molecule has 1 amide bonds. The number of amides is 1. The van der Waals surface area contributed by atoms with E-state index in [0.29, 0.717) is 0 Å². The molecule has 0 N–H and O–H groups in total. The molecule has 2 radical (unpaired) electrons. The molecule has 4 nitrogen and oxygen atoms in total. The van der Waals surface area contributed by atoms with E-state index in [9.17, 15) is 53.8 Å². The van der Waals surface area contributed by atoms with Gasteiger partial charge in [0.1, 0.15) is 11.4 Å². The Bertz CT molecular complexity index is 1210. The van der Waals surface area contributed by atoms with Crippen molar-refractivity contribution in [3.63, 3.8) is 0 Å². The van der Waals surface area contributed by atoms with E-state index in [2.05, 4.69) is 0 Å². The third-order valence-electron chi connectivity index (χ3n) is 4.60. The molecule has 0 fully saturated rings. The molecular formula is C20H9F10N2O2-. The first-order valence-corrected chi connectivity index (χ1v) is 8.89. The molecule has 0 bridgehead atoms. The Balaban J connectivity index is 2.39. The van der Waals surface area contributed by atoms with Gasteiger partial charge in [-0.3, -0.25) is 9.69 Å². The molecule has 1 aliphatic heterocycles. The normalized spacial score (nSPS) is 15.0. The quantitative estimate of drug-likeness (QED) is 0.346. The van der Waals surface area contributed by atoms with Gasteiger partial charge >= 0.3 is 0 Å². The lowest BCUT2D eigenvalue weighted by atomic mass is 9.84. The molecule has 0 atom stereocenters. The van der Waals surface area contributed by atoms with E-state index >= 15 is 0 Å². The van der Waals surface area contributed by atoms with Crippen LogP contribution in [0.1, 0.15) is 20.8 Å². The van der Waals surface area contributed by atoms with Crippen LogP contribution in [0.4, 0.5) is 55.3 Å². The third kappa shape index (κ3) is 3.51. The summed E-state index contributed by atoms with van der Waals surface area (Å²) in [6, 6.07) is 0. The number of rotatable bonds is 2. The molecule has 34 heavy (non-hydrogen) atoms. The van der Waals surface area contributed by atoms with Crippen LogP contribution >= 0.6 is 0 Å². The second kappa shape index (κ2) is 8.09. The van der Waals surface area contributed by atoms with Gasteiger partial charge in [0, 0.05) is 5.57 Å². The van der Waals surface area contributed by atoms with Gasteiger partial charge in [-0.2, -0.15) is 0 Å². The van der Waals surface area contributed by atoms with Crippen molar-refractivity contribution in [2.24, 2.45) is 5.41 Å². The molecular weight excluding hydrogens is 490 g/mol. The Labute approximate surface area is 184 Å². The predicted octanol–water partition coefficient (Wildman–Crippen LogP) is 4.55. The molecule has 0 spiro atoms. The second-order valence-electron chi connectivity index (χ2n) is 7.84. The van der Waals surface area contributed by atoms with Crippen molar-refractivity contribution in [3.8, 4) is 0 Å². The lowest BCUT2D eigenvalue weighted by Gasteiger charge is -2.44. The summed E-state index contributed by atoms with van der Waals surface area (Å²) < 4.78 is 139. The van der Waals surface area contributed by atoms with Gasteiger partial charge < -0.3 is 10.0 Å². The van der Waals surface area contributed by atoms with E-state index in [4.69, 9.17) is 0 Å². The first-order valence-electron chi connectivity index (χ1n) is 8.89. The molecule has 0 saturated heterocycles. The van der Waals surface area contributed by atoms with Gasteiger partial charge in [0.25, 0.3) is 5.91 Å². The Hall–Kier alpha value is -3.45. The summed E-state index contributed by atoms with van der Waals surface area (Å²) in [5.74, 6) is -29.2. The molecule has 0 aliphatic carbocycles. The first kappa shape index (κ1) is 25.2. The highest BCUT2D eigenvalue weighted by Gasteiger charge is 2.43. The van der Waals surface area contributed by atoms with Crippen LogP contribution in [0.2, 0.25) is 0 Å². The zero-order valence-corrected chi connectivity index (χ0v) is 17.0. The van der Waals surface area contributed by atoms with E-state index in [-0.39, 0.29) is 0 Å². The van der Waals surface area contributed by atoms with Gasteiger partial charge in [0.05, 0.1) is 0 Å². The average Bonchev–Trinajstić information content (AvgIpc) is 2.75. The maximum Gasteiger partial charge on any atom is 0.257 e. The van der Waals surface area contributed by atoms with E-state index < -0.39 is 102 Å². The van der Waals surface area contributed by atoms with Crippen LogP contribution in [-0.2, 0) is 4.79 Å². The van der Waals surface area contributed by atoms with Crippen molar-refractivity contribution in [1.82, 2.24) is 0 Å². The number of halogens is 10. The summed E-state index contributed by atoms with van der Waals surface area (Å²) >= 11 is 0. The molecule has 0 unspecified atom stereocenters. The van der Waals surface area contributed by atoms with Crippen LogP contribution in [0.3, 0.4) is 0 Å². The number of carbonyl (C=O) groups is 1. The Morgan fingerprint density at radius 2 is 0.882 bits per heavy atom. The molecule has 0 saturated carbocycles. The van der Waals surface area contributed by atoms with Crippen LogP contribution < -0.4 is 14.9 Å². The standard InChI is InChI=1S/C20H10F10N2O2/c1-20(2,3)5-18(33)31(16-12(27)8(23)6(21)9(24)13(16)28)4-32(19(5)34)17-14(29)10(25)7(22)11(26)15(17)30/h33H,1-3H3/p-1. The summed E-state index contributed by atoms with van der Waals surface area (Å²) in [4.78, 5) is 11.9. The van der Waals surface area contributed by atoms with Crippen LogP contribution in [-0.4, -0.2) is 5.91 Å². The minimum atomic E-state index is -2.61. The van der Waals surface area contributed by atoms with Gasteiger partial charge in [-0.1, -0.05) is 20.8 Å². The van der Waals surface area contributed by atoms with E-state index in [1.165, 1.54) is 6.67 Å². The predicted molar refractivity (Wildman–Crippen MR) is 92.2 cm³/mol. The van der Waals surface area contributed by atoms with E-state index in [1.54, 1.807) is 0 Å². The van der Waals surface area contributed by atoms with E-state index in [1.807, 2.05) is 0 Å². The molecule has 1 aliphatic rings. The third-order valence-corrected chi connectivity index (χ3v) is 4.60. The summed E-state index contributed by atoms with van der Waals surface area (Å²) in [7, 11) is 0. The summed E-state index contributed by atoms with van der Waals surface area (Å²) in [5, 5.41) is 12.8. The minimum Gasteiger partial charge on any atom is -0.860 e. The molecule has 0 aromatic heterocycles. The monoisotopic (exact) mass is 499 g/mol. The van der Waals surface area contributed by atoms with Crippen LogP contribution in [0.15, 0.2) is 11.5 Å². The van der Waals surface area contributed by atoms with Crippen molar-refractivity contribution < 1.29 is 53.8 Å². The van der Waals surface area contributed by atoms with Crippen molar-refractivity contribution in [2.45, 2.75) is 20.8 Å². The fraction of sp³-hybridized carbons (Fsp3) is 0.200. The largest absolute Gasteiger partial charge is 0.860 e. The lowest BCUT2D eigenvalue weighted by molar-refractivity contribution is -0.307. The number of hydrogen-bond acceptors (Lipinski definition) is 3. The molecule has 2 aromatic carbocycles. The van der Waals surface area contributed by atoms with Crippen molar-refractivity contribution in [1.29, 1.82) is 0 Å². The van der Waals surface area contributed by atoms with Gasteiger partial charge in [-0.25, -0.2) is 43.9 Å². The van der Waals surface area contributed by atoms with Gasteiger partial charge in [-0.05, 0) is 11.3 Å².